The van der Waals surface area contributed by atoms with E-state index in [1.165, 1.54) is 16.3 Å². The van der Waals surface area contributed by atoms with Gasteiger partial charge < -0.3 is 15.0 Å². The van der Waals surface area contributed by atoms with E-state index in [9.17, 15) is 18.0 Å². The SMILES string of the molecule is COc1ccc(N(CCCC(=O)N(Cc2ccccc2Cl)C(C)C(=O)NC(C)(C)C)S(C)(=O)=O)cc1. The molecule has 0 bridgehead atoms. The van der Waals surface area contributed by atoms with Crippen molar-refractivity contribution in [3.8, 4) is 5.75 Å². The van der Waals surface area contributed by atoms with E-state index in [4.69, 9.17) is 16.3 Å². The molecule has 0 saturated heterocycles. The summed E-state index contributed by atoms with van der Waals surface area (Å²) in [6.45, 7) is 7.56. The van der Waals surface area contributed by atoms with Gasteiger partial charge in [0.05, 0.1) is 19.1 Å². The monoisotopic (exact) mass is 537 g/mol. The van der Waals surface area contributed by atoms with Crippen molar-refractivity contribution in [2.24, 2.45) is 0 Å². The summed E-state index contributed by atoms with van der Waals surface area (Å²) in [5.41, 5.74) is 0.745. The number of anilines is 1. The van der Waals surface area contributed by atoms with Gasteiger partial charge in [-0.1, -0.05) is 29.8 Å². The molecule has 2 aromatic rings. The second-order valence-electron chi connectivity index (χ2n) is 9.66. The van der Waals surface area contributed by atoms with Crippen LogP contribution in [0.3, 0.4) is 0 Å². The van der Waals surface area contributed by atoms with Gasteiger partial charge in [-0.05, 0) is 70.0 Å². The predicted molar refractivity (Wildman–Crippen MR) is 144 cm³/mol. The second kappa shape index (κ2) is 12.5. The maximum atomic E-state index is 13.3. The molecule has 0 aliphatic heterocycles. The van der Waals surface area contributed by atoms with Gasteiger partial charge in [0, 0.05) is 30.1 Å². The van der Waals surface area contributed by atoms with Crippen LogP contribution in [0, 0.1) is 0 Å². The number of nitrogens with zero attached hydrogens (tertiary/aromatic N) is 2. The van der Waals surface area contributed by atoms with Crippen molar-refractivity contribution in [1.82, 2.24) is 10.2 Å². The summed E-state index contributed by atoms with van der Waals surface area (Å²) in [6, 6.07) is 13.1. The normalized spacial score (nSPS) is 12.5. The minimum absolute atomic E-state index is 0.0553. The summed E-state index contributed by atoms with van der Waals surface area (Å²) in [5.74, 6) is 0.0636. The highest BCUT2D eigenvalue weighted by Crippen LogP contribution is 2.23. The number of carbonyl (C=O) groups excluding carboxylic acids is 2. The zero-order chi connectivity index (χ0) is 27.1. The van der Waals surface area contributed by atoms with Crippen molar-refractivity contribution in [2.75, 3.05) is 24.2 Å². The zero-order valence-corrected chi connectivity index (χ0v) is 23.3. The standard InChI is InChI=1S/C26H36ClN3O5S/c1-19(25(32)28-26(2,3)4)29(18-20-10-7-8-11-23(20)27)24(31)12-9-17-30(36(6,33)34)21-13-15-22(35-5)16-14-21/h7-8,10-11,13-16,19H,9,12,17-18H2,1-6H3,(H,28,32). The number of sulfonamides is 1. The van der Waals surface area contributed by atoms with Crippen LogP contribution in [0.4, 0.5) is 5.69 Å². The second-order valence-corrected chi connectivity index (χ2v) is 12.0. The van der Waals surface area contributed by atoms with Gasteiger partial charge in [-0.2, -0.15) is 0 Å². The molecule has 1 unspecified atom stereocenters. The first kappa shape index (κ1) is 29.5. The minimum Gasteiger partial charge on any atom is -0.497 e. The molecule has 0 spiro atoms. The fourth-order valence-corrected chi connectivity index (χ4v) is 4.78. The Morgan fingerprint density at radius 2 is 1.69 bits per heavy atom. The summed E-state index contributed by atoms with van der Waals surface area (Å²) in [4.78, 5) is 27.7. The van der Waals surface area contributed by atoms with Crippen molar-refractivity contribution in [2.45, 2.75) is 58.7 Å². The average Bonchev–Trinajstić information content (AvgIpc) is 2.79. The summed E-state index contributed by atoms with van der Waals surface area (Å²) in [6.07, 6.45) is 1.45. The van der Waals surface area contributed by atoms with E-state index in [2.05, 4.69) is 5.32 Å². The number of ether oxygens (including phenoxy) is 1. The molecular formula is C26H36ClN3O5S. The number of hydrogen-bond acceptors (Lipinski definition) is 5. The number of carbonyl (C=O) groups is 2. The summed E-state index contributed by atoms with van der Waals surface area (Å²) in [5, 5.41) is 3.42. The molecule has 0 radical (unpaired) electrons. The molecule has 0 saturated carbocycles. The Labute approximate surface area is 219 Å². The van der Waals surface area contributed by atoms with Crippen LogP contribution in [-0.4, -0.2) is 56.6 Å². The van der Waals surface area contributed by atoms with Gasteiger partial charge in [0.1, 0.15) is 11.8 Å². The van der Waals surface area contributed by atoms with Crippen molar-refractivity contribution < 1.29 is 22.7 Å². The van der Waals surface area contributed by atoms with Crippen LogP contribution >= 0.6 is 11.6 Å². The Bertz CT molecular complexity index is 1150. The average molecular weight is 538 g/mol. The quantitative estimate of drug-likeness (QED) is 0.463. The fraction of sp³-hybridized carbons (Fsp3) is 0.462. The van der Waals surface area contributed by atoms with Gasteiger partial charge in [-0.3, -0.25) is 13.9 Å². The lowest BCUT2D eigenvalue weighted by molar-refractivity contribution is -0.141. The number of hydrogen-bond donors (Lipinski definition) is 1. The number of rotatable bonds is 11. The summed E-state index contributed by atoms with van der Waals surface area (Å²) in [7, 11) is -2.04. The molecule has 36 heavy (non-hydrogen) atoms. The molecule has 1 atom stereocenters. The molecule has 10 heteroatoms. The van der Waals surface area contributed by atoms with Crippen LogP contribution in [0.5, 0.6) is 5.75 Å². The highest BCUT2D eigenvalue weighted by atomic mass is 35.5. The maximum absolute atomic E-state index is 13.3. The number of amides is 2. The predicted octanol–water partition coefficient (Wildman–Crippen LogP) is 4.23. The van der Waals surface area contributed by atoms with Gasteiger partial charge in [-0.15, -0.1) is 0 Å². The Kier molecular flexibility index (Phi) is 10.2. The Morgan fingerprint density at radius 3 is 2.22 bits per heavy atom. The number of halogens is 1. The Balaban J connectivity index is 2.19. The van der Waals surface area contributed by atoms with Gasteiger partial charge in [0.15, 0.2) is 0 Å². The van der Waals surface area contributed by atoms with Crippen molar-refractivity contribution in [1.29, 1.82) is 0 Å². The lowest BCUT2D eigenvalue weighted by atomic mass is 10.1. The molecule has 0 heterocycles. The van der Waals surface area contributed by atoms with E-state index in [1.807, 2.05) is 32.9 Å². The summed E-state index contributed by atoms with van der Waals surface area (Å²) >= 11 is 6.33. The third kappa shape index (κ3) is 8.71. The molecule has 0 fully saturated rings. The highest BCUT2D eigenvalue weighted by Gasteiger charge is 2.29. The van der Waals surface area contributed by atoms with E-state index in [-0.39, 0.29) is 37.7 Å². The van der Waals surface area contributed by atoms with Gasteiger partial charge in [0.25, 0.3) is 0 Å². The molecule has 0 aliphatic rings. The van der Waals surface area contributed by atoms with Crippen LogP contribution < -0.4 is 14.4 Å². The molecule has 2 aromatic carbocycles. The molecule has 2 rings (SSSR count). The minimum atomic E-state index is -3.57. The fourth-order valence-electron chi connectivity index (χ4n) is 3.62. The Hall–Kier alpha value is -2.78. The lowest BCUT2D eigenvalue weighted by Crippen LogP contribution is -2.52. The molecule has 198 valence electrons. The first-order valence-electron chi connectivity index (χ1n) is 11.7. The number of methoxy groups -OCH3 is 1. The van der Waals surface area contributed by atoms with Gasteiger partial charge >= 0.3 is 0 Å². The third-order valence-electron chi connectivity index (χ3n) is 5.48. The van der Waals surface area contributed by atoms with Crippen LogP contribution in [0.1, 0.15) is 46.1 Å². The smallest absolute Gasteiger partial charge is 0.242 e. The summed E-state index contributed by atoms with van der Waals surface area (Å²) < 4.78 is 31.3. The van der Waals surface area contributed by atoms with Crippen molar-refractivity contribution >= 4 is 39.1 Å². The van der Waals surface area contributed by atoms with Crippen LogP contribution in [-0.2, 0) is 26.2 Å². The van der Waals surface area contributed by atoms with Crippen LogP contribution in [0.15, 0.2) is 48.5 Å². The van der Waals surface area contributed by atoms with Gasteiger partial charge in [-0.25, -0.2) is 8.42 Å². The largest absolute Gasteiger partial charge is 0.497 e. The number of benzene rings is 2. The first-order valence-corrected chi connectivity index (χ1v) is 13.9. The molecule has 0 aromatic heterocycles. The van der Waals surface area contributed by atoms with E-state index in [1.54, 1.807) is 43.3 Å². The lowest BCUT2D eigenvalue weighted by Gasteiger charge is -2.32. The highest BCUT2D eigenvalue weighted by molar-refractivity contribution is 7.92. The maximum Gasteiger partial charge on any atom is 0.242 e. The van der Waals surface area contributed by atoms with E-state index in [0.29, 0.717) is 16.5 Å². The molecular weight excluding hydrogens is 502 g/mol. The molecule has 0 aliphatic carbocycles. The number of nitrogens with one attached hydrogen (secondary N) is 1. The van der Waals surface area contributed by atoms with Crippen LogP contribution in [0.25, 0.3) is 0 Å². The van der Waals surface area contributed by atoms with Crippen molar-refractivity contribution in [3.05, 3.63) is 59.1 Å². The third-order valence-corrected chi connectivity index (χ3v) is 7.04. The van der Waals surface area contributed by atoms with Crippen molar-refractivity contribution in [3.63, 3.8) is 0 Å². The molecule has 8 nitrogen and oxygen atoms in total. The van der Waals surface area contributed by atoms with E-state index in [0.717, 1.165) is 11.8 Å². The first-order chi connectivity index (χ1) is 16.7. The van der Waals surface area contributed by atoms with Gasteiger partial charge in [0.2, 0.25) is 21.8 Å². The van der Waals surface area contributed by atoms with E-state index < -0.39 is 21.6 Å². The topological polar surface area (TPSA) is 96.0 Å². The zero-order valence-electron chi connectivity index (χ0n) is 21.7. The Morgan fingerprint density at radius 1 is 1.08 bits per heavy atom. The molecule has 2 amide bonds. The molecule has 1 N–H and O–H groups in total. The van der Waals surface area contributed by atoms with E-state index >= 15 is 0 Å². The van der Waals surface area contributed by atoms with Crippen LogP contribution in [0.2, 0.25) is 5.02 Å².